The molecule has 0 spiro atoms. The number of carbonyl (C=O) groups is 2. The minimum absolute atomic E-state index is 0.0607. The first-order chi connectivity index (χ1) is 11.2. The number of rotatable bonds is 5. The van der Waals surface area contributed by atoms with E-state index in [0.29, 0.717) is 37.2 Å². The predicted octanol–water partition coefficient (Wildman–Crippen LogP) is 1.69. The fourth-order valence-corrected chi connectivity index (χ4v) is 3.89. The Kier molecular flexibility index (Phi) is 5.61. The number of carboxylic acid groups (broad SMARTS) is 1. The molecule has 0 aliphatic carbocycles. The summed E-state index contributed by atoms with van der Waals surface area (Å²) in [5.41, 5.74) is 1.21. The molecule has 132 valence electrons. The summed E-state index contributed by atoms with van der Waals surface area (Å²) in [5, 5.41) is 11.9. The Morgan fingerprint density at radius 3 is 2.46 bits per heavy atom. The molecule has 1 saturated heterocycles. The summed E-state index contributed by atoms with van der Waals surface area (Å²) in [4.78, 5) is 23.5. The number of carbonyl (C=O) groups excluding carboxylic acids is 1. The maximum Gasteiger partial charge on any atom is 0.336 e. The van der Waals surface area contributed by atoms with Crippen molar-refractivity contribution in [2.24, 2.45) is 5.92 Å². The maximum absolute atomic E-state index is 12.3. The second-order valence-electron chi connectivity index (χ2n) is 5.90. The van der Waals surface area contributed by atoms with Crippen LogP contribution in [0.15, 0.2) is 18.2 Å². The molecule has 0 saturated carbocycles. The lowest BCUT2D eigenvalue weighted by atomic mass is 9.97. The minimum Gasteiger partial charge on any atom is -0.478 e. The molecule has 0 bridgehead atoms. The van der Waals surface area contributed by atoms with Crippen molar-refractivity contribution in [3.05, 3.63) is 29.3 Å². The molecule has 24 heavy (non-hydrogen) atoms. The van der Waals surface area contributed by atoms with Crippen LogP contribution in [-0.2, 0) is 14.8 Å². The van der Waals surface area contributed by atoms with Crippen molar-refractivity contribution >= 4 is 27.6 Å². The molecule has 7 nitrogen and oxygen atoms in total. The summed E-state index contributed by atoms with van der Waals surface area (Å²) >= 11 is 0. The van der Waals surface area contributed by atoms with Crippen molar-refractivity contribution in [3.63, 3.8) is 0 Å². The number of piperidine rings is 1. The van der Waals surface area contributed by atoms with Gasteiger partial charge in [0.05, 0.1) is 11.3 Å². The second-order valence-corrected chi connectivity index (χ2v) is 8.16. The van der Waals surface area contributed by atoms with Gasteiger partial charge in [0, 0.05) is 24.7 Å². The summed E-state index contributed by atoms with van der Waals surface area (Å²) in [6.07, 6.45) is 0.922. The fourth-order valence-electron chi connectivity index (χ4n) is 2.75. The van der Waals surface area contributed by atoms with Crippen molar-refractivity contribution in [1.82, 2.24) is 4.31 Å². The summed E-state index contributed by atoms with van der Waals surface area (Å²) in [7, 11) is -3.21. The molecule has 1 aliphatic heterocycles. The zero-order valence-corrected chi connectivity index (χ0v) is 14.6. The molecule has 1 aliphatic rings. The molecular weight excluding hydrogens is 332 g/mol. The number of carboxylic acids is 1. The van der Waals surface area contributed by atoms with Gasteiger partial charge < -0.3 is 10.4 Å². The van der Waals surface area contributed by atoms with Crippen LogP contribution < -0.4 is 5.32 Å². The third kappa shape index (κ3) is 4.12. The first-order valence-corrected chi connectivity index (χ1v) is 9.48. The van der Waals surface area contributed by atoms with Gasteiger partial charge >= 0.3 is 5.97 Å². The van der Waals surface area contributed by atoms with Gasteiger partial charge in [0.2, 0.25) is 15.9 Å². The first kappa shape index (κ1) is 18.4. The highest BCUT2D eigenvalue weighted by Gasteiger charge is 2.30. The van der Waals surface area contributed by atoms with Crippen LogP contribution in [-0.4, -0.2) is 48.5 Å². The largest absolute Gasteiger partial charge is 0.478 e. The summed E-state index contributed by atoms with van der Waals surface area (Å²) < 4.78 is 25.1. The third-order valence-electron chi connectivity index (χ3n) is 4.32. The molecule has 1 amide bonds. The van der Waals surface area contributed by atoms with E-state index in [4.69, 9.17) is 5.11 Å². The van der Waals surface area contributed by atoms with Gasteiger partial charge in [-0.15, -0.1) is 0 Å². The molecule has 0 unspecified atom stereocenters. The van der Waals surface area contributed by atoms with Crippen LogP contribution in [0.3, 0.4) is 0 Å². The summed E-state index contributed by atoms with van der Waals surface area (Å²) in [6, 6.07) is 4.75. The van der Waals surface area contributed by atoms with Crippen molar-refractivity contribution in [2.75, 3.05) is 24.2 Å². The van der Waals surface area contributed by atoms with Gasteiger partial charge in [0.25, 0.3) is 0 Å². The number of hydrogen-bond donors (Lipinski definition) is 2. The Morgan fingerprint density at radius 2 is 1.92 bits per heavy atom. The minimum atomic E-state index is -3.21. The van der Waals surface area contributed by atoms with Gasteiger partial charge in [-0.25, -0.2) is 17.5 Å². The smallest absolute Gasteiger partial charge is 0.336 e. The first-order valence-electron chi connectivity index (χ1n) is 7.87. The molecule has 2 N–H and O–H groups in total. The zero-order chi connectivity index (χ0) is 17.9. The lowest BCUT2D eigenvalue weighted by Gasteiger charge is -2.30. The maximum atomic E-state index is 12.3. The Bertz CT molecular complexity index is 737. The average molecular weight is 354 g/mol. The second kappa shape index (κ2) is 7.31. The molecule has 1 heterocycles. The molecule has 1 fully saturated rings. The number of benzene rings is 1. The quantitative estimate of drug-likeness (QED) is 0.837. The number of hydrogen-bond acceptors (Lipinski definition) is 4. The monoisotopic (exact) mass is 354 g/mol. The van der Waals surface area contributed by atoms with E-state index >= 15 is 0 Å². The van der Waals surface area contributed by atoms with Gasteiger partial charge in [0.15, 0.2) is 0 Å². The zero-order valence-electron chi connectivity index (χ0n) is 13.8. The van der Waals surface area contributed by atoms with Crippen LogP contribution >= 0.6 is 0 Å². The fraction of sp³-hybridized carbons (Fsp3) is 0.500. The molecule has 0 aromatic heterocycles. The van der Waals surface area contributed by atoms with Gasteiger partial charge in [-0.2, -0.15) is 0 Å². The Labute approximate surface area is 141 Å². The topological polar surface area (TPSA) is 104 Å². The summed E-state index contributed by atoms with van der Waals surface area (Å²) in [6.45, 7) is 3.97. The highest BCUT2D eigenvalue weighted by molar-refractivity contribution is 7.89. The normalized spacial score (nSPS) is 16.8. The van der Waals surface area contributed by atoms with E-state index in [-0.39, 0.29) is 23.1 Å². The van der Waals surface area contributed by atoms with E-state index < -0.39 is 16.0 Å². The van der Waals surface area contributed by atoms with E-state index in [1.54, 1.807) is 26.0 Å². The van der Waals surface area contributed by atoms with Gasteiger partial charge in [0.1, 0.15) is 0 Å². The standard InChI is InChI=1S/C16H22N2O5S/c1-3-24(22,23)18-8-6-12(7-9-18)15(19)17-13-5-4-11(2)14(10-13)16(20)21/h4-5,10,12H,3,6-9H2,1-2H3,(H,17,19)(H,20,21). The Hall–Kier alpha value is -1.93. The molecule has 0 radical (unpaired) electrons. The highest BCUT2D eigenvalue weighted by Crippen LogP contribution is 2.22. The molecule has 1 aromatic rings. The lowest BCUT2D eigenvalue weighted by Crippen LogP contribution is -2.42. The SMILES string of the molecule is CCS(=O)(=O)N1CCC(C(=O)Nc2ccc(C)c(C(=O)O)c2)CC1. The van der Waals surface area contributed by atoms with Crippen molar-refractivity contribution in [2.45, 2.75) is 26.7 Å². The van der Waals surface area contributed by atoms with Crippen LogP contribution in [0.2, 0.25) is 0 Å². The summed E-state index contributed by atoms with van der Waals surface area (Å²) in [5.74, 6) is -1.46. The number of nitrogens with one attached hydrogen (secondary N) is 1. The van der Waals surface area contributed by atoms with Crippen LogP contribution in [0, 0.1) is 12.8 Å². The van der Waals surface area contributed by atoms with Crippen LogP contribution in [0.5, 0.6) is 0 Å². The Morgan fingerprint density at radius 1 is 1.29 bits per heavy atom. The molecule has 0 atom stereocenters. The van der Waals surface area contributed by atoms with Crippen molar-refractivity contribution in [1.29, 1.82) is 0 Å². The molecule has 2 rings (SSSR count). The van der Waals surface area contributed by atoms with Gasteiger partial charge in [-0.05, 0) is 44.4 Å². The number of aromatic carboxylic acids is 1. The van der Waals surface area contributed by atoms with Crippen LogP contribution in [0.25, 0.3) is 0 Å². The van der Waals surface area contributed by atoms with Gasteiger partial charge in [-0.1, -0.05) is 6.07 Å². The highest BCUT2D eigenvalue weighted by atomic mass is 32.2. The van der Waals surface area contributed by atoms with Crippen molar-refractivity contribution < 1.29 is 23.1 Å². The van der Waals surface area contributed by atoms with Crippen molar-refractivity contribution in [3.8, 4) is 0 Å². The van der Waals surface area contributed by atoms with E-state index in [2.05, 4.69) is 5.32 Å². The third-order valence-corrected chi connectivity index (χ3v) is 6.20. The Balaban J connectivity index is 2.00. The average Bonchev–Trinajstić information content (AvgIpc) is 2.56. The number of amides is 1. The predicted molar refractivity (Wildman–Crippen MR) is 90.5 cm³/mol. The van der Waals surface area contributed by atoms with E-state index in [0.717, 1.165) is 0 Å². The number of anilines is 1. The lowest BCUT2D eigenvalue weighted by molar-refractivity contribution is -0.120. The number of nitrogens with zero attached hydrogens (tertiary/aromatic N) is 1. The van der Waals surface area contributed by atoms with Crippen LogP contribution in [0.4, 0.5) is 5.69 Å². The number of sulfonamides is 1. The van der Waals surface area contributed by atoms with E-state index in [1.165, 1.54) is 10.4 Å². The molecular formula is C16H22N2O5S. The molecule has 1 aromatic carbocycles. The van der Waals surface area contributed by atoms with E-state index in [1.807, 2.05) is 0 Å². The van der Waals surface area contributed by atoms with E-state index in [9.17, 15) is 18.0 Å². The van der Waals surface area contributed by atoms with Crippen LogP contribution in [0.1, 0.15) is 35.7 Å². The molecule has 8 heteroatoms. The number of aryl methyl sites for hydroxylation is 1. The van der Waals surface area contributed by atoms with Gasteiger partial charge in [-0.3, -0.25) is 4.79 Å².